The van der Waals surface area contributed by atoms with Crippen LogP contribution >= 0.6 is 0 Å². The van der Waals surface area contributed by atoms with Gasteiger partial charge in [0.25, 0.3) is 5.91 Å². The second-order valence-corrected chi connectivity index (χ2v) is 10.4. The Balaban J connectivity index is 1.77. The molecule has 3 aromatic rings. The van der Waals surface area contributed by atoms with Crippen molar-refractivity contribution in [3.8, 4) is 0 Å². The molecule has 1 aliphatic rings. The number of primary amides is 1. The van der Waals surface area contributed by atoms with Crippen LogP contribution in [0.3, 0.4) is 0 Å². The summed E-state index contributed by atoms with van der Waals surface area (Å²) in [5, 5.41) is 6.75. The Hall–Kier alpha value is -4.71. The SMILES string of the molecule is Cc1cc(=O)oc2cc(N(C(=O)[C@H](Cc3ccccc3)NC(=O)[C@@H]3CCCN3)[C@@H](CCCN=C(N)N)C(N)=O)ccc12. The minimum absolute atomic E-state index is 0.0929. The Bertz CT molecular complexity index is 1510. The minimum Gasteiger partial charge on any atom is -0.423 e. The van der Waals surface area contributed by atoms with E-state index >= 15 is 0 Å². The van der Waals surface area contributed by atoms with Crippen molar-refractivity contribution >= 4 is 40.3 Å². The molecular formula is C30H37N7O5. The first-order chi connectivity index (χ1) is 20.1. The van der Waals surface area contributed by atoms with Gasteiger partial charge in [-0.2, -0.15) is 0 Å². The fraction of sp³-hybridized carbons (Fsp3) is 0.367. The molecule has 0 aliphatic carbocycles. The molecule has 2 aromatic carbocycles. The second-order valence-electron chi connectivity index (χ2n) is 10.4. The maximum absolute atomic E-state index is 14.5. The molecule has 1 aliphatic heterocycles. The van der Waals surface area contributed by atoms with Crippen LogP contribution in [0.4, 0.5) is 5.69 Å². The highest BCUT2D eigenvalue weighted by Crippen LogP contribution is 2.27. The minimum atomic E-state index is -1.11. The summed E-state index contributed by atoms with van der Waals surface area (Å²) in [6.45, 7) is 2.71. The highest BCUT2D eigenvalue weighted by molar-refractivity contribution is 6.05. The van der Waals surface area contributed by atoms with E-state index in [0.29, 0.717) is 30.3 Å². The molecule has 8 N–H and O–H groups in total. The number of rotatable bonds is 12. The van der Waals surface area contributed by atoms with Gasteiger partial charge in [0, 0.05) is 36.2 Å². The Morgan fingerprint density at radius 3 is 2.55 bits per heavy atom. The molecule has 1 aromatic heterocycles. The van der Waals surface area contributed by atoms with Crippen LogP contribution in [0.5, 0.6) is 0 Å². The average molecular weight is 576 g/mol. The molecule has 42 heavy (non-hydrogen) atoms. The van der Waals surface area contributed by atoms with Crippen LogP contribution in [0.15, 0.2) is 68.8 Å². The van der Waals surface area contributed by atoms with Crippen LogP contribution in [0.1, 0.15) is 36.8 Å². The number of aliphatic imine (C=N–C) groups is 1. The van der Waals surface area contributed by atoms with Gasteiger partial charge in [0.2, 0.25) is 11.8 Å². The van der Waals surface area contributed by atoms with Crippen LogP contribution in [0, 0.1) is 6.92 Å². The number of nitrogens with one attached hydrogen (secondary N) is 2. The lowest BCUT2D eigenvalue weighted by molar-refractivity contribution is -0.129. The number of aryl methyl sites for hydroxylation is 1. The van der Waals surface area contributed by atoms with Gasteiger partial charge < -0.3 is 32.3 Å². The third-order valence-corrected chi connectivity index (χ3v) is 7.29. The van der Waals surface area contributed by atoms with E-state index in [4.69, 9.17) is 21.6 Å². The average Bonchev–Trinajstić information content (AvgIpc) is 3.49. The van der Waals surface area contributed by atoms with Crippen molar-refractivity contribution in [1.29, 1.82) is 0 Å². The molecule has 0 radical (unpaired) electrons. The van der Waals surface area contributed by atoms with Crippen molar-refractivity contribution in [1.82, 2.24) is 10.6 Å². The number of guanidine groups is 1. The summed E-state index contributed by atoms with van der Waals surface area (Å²) in [5.74, 6) is -1.68. The number of anilines is 1. The van der Waals surface area contributed by atoms with Gasteiger partial charge in [-0.1, -0.05) is 30.3 Å². The first-order valence-electron chi connectivity index (χ1n) is 13.9. The third kappa shape index (κ3) is 7.52. The van der Waals surface area contributed by atoms with Gasteiger partial charge in [0.15, 0.2) is 5.96 Å². The van der Waals surface area contributed by atoms with Gasteiger partial charge in [-0.05, 0) is 62.4 Å². The van der Waals surface area contributed by atoms with Crippen LogP contribution in [0.2, 0.25) is 0 Å². The predicted molar refractivity (Wildman–Crippen MR) is 161 cm³/mol. The van der Waals surface area contributed by atoms with Gasteiger partial charge in [-0.25, -0.2) is 4.79 Å². The van der Waals surface area contributed by atoms with Crippen LogP contribution < -0.4 is 38.4 Å². The van der Waals surface area contributed by atoms with E-state index in [-0.39, 0.29) is 42.5 Å². The molecular weight excluding hydrogens is 538 g/mol. The van der Waals surface area contributed by atoms with E-state index in [1.807, 2.05) is 30.3 Å². The van der Waals surface area contributed by atoms with E-state index < -0.39 is 35.6 Å². The Morgan fingerprint density at radius 2 is 1.88 bits per heavy atom. The van der Waals surface area contributed by atoms with Gasteiger partial charge in [0.1, 0.15) is 17.7 Å². The largest absolute Gasteiger partial charge is 0.423 e. The van der Waals surface area contributed by atoms with Crippen LogP contribution in [-0.2, 0) is 20.8 Å². The maximum atomic E-state index is 14.5. The van der Waals surface area contributed by atoms with Gasteiger partial charge in [-0.15, -0.1) is 0 Å². The number of nitrogens with two attached hydrogens (primary N) is 3. The third-order valence-electron chi connectivity index (χ3n) is 7.29. The summed E-state index contributed by atoms with van der Waals surface area (Å²) in [4.78, 5) is 58.0. The van der Waals surface area contributed by atoms with Gasteiger partial charge >= 0.3 is 5.63 Å². The number of nitrogens with zero attached hydrogens (tertiary/aromatic N) is 2. The Kier molecular flexibility index (Phi) is 9.92. The zero-order chi connectivity index (χ0) is 30.2. The molecule has 2 heterocycles. The summed E-state index contributed by atoms with van der Waals surface area (Å²) in [7, 11) is 0. The van der Waals surface area contributed by atoms with E-state index in [1.54, 1.807) is 19.1 Å². The number of hydrogen-bond donors (Lipinski definition) is 5. The summed E-state index contributed by atoms with van der Waals surface area (Å²) in [6, 6.07) is 13.0. The Morgan fingerprint density at radius 1 is 1.12 bits per heavy atom. The van der Waals surface area contributed by atoms with Crippen molar-refractivity contribution in [2.45, 2.75) is 57.2 Å². The quantitative estimate of drug-likeness (QED) is 0.0904. The van der Waals surface area contributed by atoms with Crippen molar-refractivity contribution in [3.63, 3.8) is 0 Å². The van der Waals surface area contributed by atoms with Crippen molar-refractivity contribution in [2.24, 2.45) is 22.2 Å². The smallest absolute Gasteiger partial charge is 0.336 e. The number of benzene rings is 2. The molecule has 1 fully saturated rings. The second kappa shape index (κ2) is 13.8. The molecule has 12 heteroatoms. The maximum Gasteiger partial charge on any atom is 0.336 e. The number of carbonyl (C=O) groups is 3. The fourth-order valence-corrected chi connectivity index (χ4v) is 5.21. The lowest BCUT2D eigenvalue weighted by Gasteiger charge is -2.33. The summed E-state index contributed by atoms with van der Waals surface area (Å²) in [5.41, 5.74) is 18.3. The molecule has 3 atom stereocenters. The van der Waals surface area contributed by atoms with Crippen LogP contribution in [0.25, 0.3) is 11.0 Å². The first kappa shape index (κ1) is 30.3. The van der Waals surface area contributed by atoms with Crippen molar-refractivity contribution in [2.75, 3.05) is 18.0 Å². The Labute approximate surface area is 243 Å². The molecule has 0 saturated carbocycles. The van der Waals surface area contributed by atoms with Crippen LogP contribution in [-0.4, -0.2) is 54.9 Å². The lowest BCUT2D eigenvalue weighted by atomic mass is 10.0. The zero-order valence-corrected chi connectivity index (χ0v) is 23.5. The number of hydrogen-bond acceptors (Lipinski definition) is 7. The first-order valence-corrected chi connectivity index (χ1v) is 13.9. The highest BCUT2D eigenvalue weighted by atomic mass is 16.4. The fourth-order valence-electron chi connectivity index (χ4n) is 5.21. The summed E-state index contributed by atoms with van der Waals surface area (Å²) >= 11 is 0. The standard InChI is InChI=1S/C30H37N7O5/c1-18-15-26(38)42-25-17-20(11-12-21(18)25)37(24(27(31)39)10-6-14-35-30(32)33)29(41)23(16-19-7-3-2-4-8-19)36-28(40)22-9-5-13-34-22/h2-4,7-8,11-12,15,17,22-24,34H,5-6,9-10,13-14,16H2,1H3,(H2,31,39)(H,36,40)(H4,32,33,35)/t22-,23-,24-/m0/s1. The lowest BCUT2D eigenvalue weighted by Crippen LogP contribution is -2.58. The predicted octanol–water partition coefficient (Wildman–Crippen LogP) is 0.821. The molecule has 0 bridgehead atoms. The number of amides is 3. The topological polar surface area (TPSA) is 199 Å². The monoisotopic (exact) mass is 575 g/mol. The van der Waals surface area contributed by atoms with E-state index in [0.717, 1.165) is 12.0 Å². The molecule has 222 valence electrons. The molecule has 0 unspecified atom stereocenters. The van der Waals surface area contributed by atoms with E-state index in [1.165, 1.54) is 17.0 Å². The normalized spacial score (nSPS) is 16.0. The molecule has 12 nitrogen and oxygen atoms in total. The molecule has 1 saturated heterocycles. The summed E-state index contributed by atoms with van der Waals surface area (Å²) in [6.07, 6.45) is 2.17. The zero-order valence-electron chi connectivity index (χ0n) is 23.5. The van der Waals surface area contributed by atoms with Gasteiger partial charge in [0.05, 0.1) is 6.04 Å². The molecule has 4 rings (SSSR count). The van der Waals surface area contributed by atoms with Crippen molar-refractivity contribution < 1.29 is 18.8 Å². The van der Waals surface area contributed by atoms with E-state index in [9.17, 15) is 19.2 Å². The number of fused-ring (bicyclic) bond motifs is 1. The highest BCUT2D eigenvalue weighted by Gasteiger charge is 2.36. The van der Waals surface area contributed by atoms with Crippen molar-refractivity contribution in [3.05, 3.63) is 76.1 Å². The molecule has 0 spiro atoms. The molecule has 3 amide bonds. The summed E-state index contributed by atoms with van der Waals surface area (Å²) < 4.78 is 5.43. The van der Waals surface area contributed by atoms with E-state index in [2.05, 4.69) is 15.6 Å². The van der Waals surface area contributed by atoms with Gasteiger partial charge in [-0.3, -0.25) is 24.3 Å². The number of carbonyl (C=O) groups excluding carboxylic acids is 3.